The van der Waals surface area contributed by atoms with Gasteiger partial charge < -0.3 is 9.88 Å². The zero-order valence-electron chi connectivity index (χ0n) is 12.3. The van der Waals surface area contributed by atoms with E-state index in [4.69, 9.17) is 0 Å². The summed E-state index contributed by atoms with van der Waals surface area (Å²) in [4.78, 5) is 20.8. The Labute approximate surface area is 136 Å². The van der Waals surface area contributed by atoms with Crippen LogP contribution in [0.5, 0.6) is 0 Å². The van der Waals surface area contributed by atoms with E-state index in [2.05, 4.69) is 39.0 Å². The number of para-hydroxylation sites is 1. The third-order valence-electron chi connectivity index (χ3n) is 3.58. The van der Waals surface area contributed by atoms with Crippen LogP contribution < -0.4 is 10.5 Å². The van der Waals surface area contributed by atoms with E-state index >= 15 is 0 Å². The summed E-state index contributed by atoms with van der Waals surface area (Å²) in [6, 6.07) is 15.6. The van der Waals surface area contributed by atoms with Gasteiger partial charge in [-0.15, -0.1) is 0 Å². The lowest BCUT2D eigenvalue weighted by molar-refractivity contribution is -0.908. The first-order chi connectivity index (χ1) is 10.6. The minimum Gasteiger partial charge on any atom is -0.327 e. The highest BCUT2D eigenvalue weighted by molar-refractivity contribution is 9.10. The number of rotatable bonds is 4. The zero-order chi connectivity index (χ0) is 15.5. The molecule has 1 atom stereocenters. The molecule has 0 aliphatic rings. The third-order valence-corrected chi connectivity index (χ3v) is 4.35. The van der Waals surface area contributed by atoms with Crippen LogP contribution in [0.15, 0.2) is 57.8 Å². The Kier molecular flexibility index (Phi) is 4.36. The Bertz CT molecular complexity index is 860. The maximum atomic E-state index is 12.1. The Hall–Kier alpha value is -1.98. The maximum Gasteiger partial charge on any atom is 0.258 e. The Balaban J connectivity index is 1.81. The molecule has 1 aromatic heterocycles. The van der Waals surface area contributed by atoms with Crippen LogP contribution in [0.3, 0.4) is 0 Å². The van der Waals surface area contributed by atoms with Crippen molar-refractivity contribution in [2.45, 2.75) is 13.1 Å². The van der Waals surface area contributed by atoms with E-state index in [-0.39, 0.29) is 5.56 Å². The highest BCUT2D eigenvalue weighted by Crippen LogP contribution is 2.14. The second-order valence-corrected chi connectivity index (χ2v) is 6.29. The first-order valence-electron chi connectivity index (χ1n) is 7.16. The molecule has 3 aromatic rings. The van der Waals surface area contributed by atoms with Gasteiger partial charge in [-0.25, -0.2) is 4.98 Å². The first kappa shape index (κ1) is 14.9. The maximum absolute atomic E-state index is 12.1. The first-order valence-corrected chi connectivity index (χ1v) is 7.95. The van der Waals surface area contributed by atoms with Gasteiger partial charge in [0.1, 0.15) is 13.1 Å². The average molecular weight is 359 g/mol. The number of quaternary nitrogens is 1. The minimum absolute atomic E-state index is 0.0747. The van der Waals surface area contributed by atoms with E-state index in [1.807, 2.05) is 36.4 Å². The molecule has 112 valence electrons. The Morgan fingerprint density at radius 1 is 1.09 bits per heavy atom. The molecule has 5 heteroatoms. The number of fused-ring (bicyclic) bond motifs is 1. The van der Waals surface area contributed by atoms with Crippen molar-refractivity contribution >= 4 is 26.8 Å². The molecule has 1 unspecified atom stereocenters. The Morgan fingerprint density at radius 2 is 1.82 bits per heavy atom. The van der Waals surface area contributed by atoms with Crippen molar-refractivity contribution in [1.29, 1.82) is 0 Å². The molecular weight excluding hydrogens is 342 g/mol. The van der Waals surface area contributed by atoms with E-state index in [0.717, 1.165) is 16.5 Å². The van der Waals surface area contributed by atoms with Crippen LogP contribution in [0.2, 0.25) is 0 Å². The molecule has 0 saturated heterocycles. The van der Waals surface area contributed by atoms with Crippen LogP contribution >= 0.6 is 15.9 Å². The van der Waals surface area contributed by atoms with Gasteiger partial charge >= 0.3 is 0 Å². The molecule has 0 saturated carbocycles. The monoisotopic (exact) mass is 358 g/mol. The lowest BCUT2D eigenvalue weighted by atomic mass is 10.2. The van der Waals surface area contributed by atoms with E-state index in [0.29, 0.717) is 17.8 Å². The second-order valence-electron chi connectivity index (χ2n) is 5.43. The number of H-pyrrole nitrogens is 1. The number of aromatic nitrogens is 2. The van der Waals surface area contributed by atoms with Gasteiger partial charge in [0, 0.05) is 10.0 Å². The smallest absolute Gasteiger partial charge is 0.258 e. The van der Waals surface area contributed by atoms with Crippen LogP contribution in [0, 0.1) is 0 Å². The molecule has 22 heavy (non-hydrogen) atoms. The molecule has 1 heterocycles. The third kappa shape index (κ3) is 3.26. The lowest BCUT2D eigenvalue weighted by Gasteiger charge is -2.14. The molecule has 0 radical (unpaired) electrons. The summed E-state index contributed by atoms with van der Waals surface area (Å²) in [5, 5.41) is 0.634. The molecule has 2 aromatic carbocycles. The fourth-order valence-electron chi connectivity index (χ4n) is 2.53. The molecule has 3 rings (SSSR count). The van der Waals surface area contributed by atoms with Crippen molar-refractivity contribution in [2.75, 3.05) is 7.05 Å². The highest BCUT2D eigenvalue weighted by Gasteiger charge is 2.10. The van der Waals surface area contributed by atoms with E-state index in [9.17, 15) is 4.79 Å². The number of aromatic amines is 1. The normalized spacial score (nSPS) is 12.5. The number of hydrogen-bond donors (Lipinski definition) is 2. The van der Waals surface area contributed by atoms with Crippen molar-refractivity contribution in [1.82, 2.24) is 9.97 Å². The summed E-state index contributed by atoms with van der Waals surface area (Å²) < 4.78 is 1.11. The summed E-state index contributed by atoms with van der Waals surface area (Å²) in [5.41, 5.74) is 1.91. The van der Waals surface area contributed by atoms with Crippen LogP contribution in [-0.2, 0) is 13.1 Å². The van der Waals surface area contributed by atoms with Crippen LogP contribution in [0.25, 0.3) is 10.9 Å². The molecular formula is C17H17BrN3O+. The van der Waals surface area contributed by atoms with Gasteiger partial charge in [-0.05, 0) is 18.2 Å². The predicted molar refractivity (Wildman–Crippen MR) is 90.8 cm³/mol. The van der Waals surface area contributed by atoms with Gasteiger partial charge in [0.05, 0.1) is 18.0 Å². The van der Waals surface area contributed by atoms with E-state index in [1.54, 1.807) is 6.07 Å². The fraction of sp³-hybridized carbons (Fsp3) is 0.176. The largest absolute Gasteiger partial charge is 0.327 e. The lowest BCUT2D eigenvalue weighted by Crippen LogP contribution is -3.06. The highest BCUT2D eigenvalue weighted by atomic mass is 79.9. The molecule has 0 aliphatic heterocycles. The molecule has 2 N–H and O–H groups in total. The number of benzene rings is 2. The summed E-state index contributed by atoms with van der Waals surface area (Å²) >= 11 is 3.57. The molecule has 0 fully saturated rings. The molecule has 4 nitrogen and oxygen atoms in total. The minimum atomic E-state index is -0.0747. The average Bonchev–Trinajstić information content (AvgIpc) is 2.49. The van der Waals surface area contributed by atoms with Gasteiger partial charge in [0.25, 0.3) is 5.56 Å². The zero-order valence-corrected chi connectivity index (χ0v) is 13.9. The second kappa shape index (κ2) is 6.42. The van der Waals surface area contributed by atoms with Crippen molar-refractivity contribution in [3.63, 3.8) is 0 Å². The summed E-state index contributed by atoms with van der Waals surface area (Å²) in [7, 11) is 2.09. The van der Waals surface area contributed by atoms with Crippen molar-refractivity contribution in [2.24, 2.45) is 0 Å². The van der Waals surface area contributed by atoms with E-state index in [1.165, 1.54) is 10.5 Å². The van der Waals surface area contributed by atoms with Gasteiger partial charge in [-0.3, -0.25) is 4.79 Å². The van der Waals surface area contributed by atoms with Gasteiger partial charge in [-0.1, -0.05) is 46.3 Å². The van der Waals surface area contributed by atoms with Crippen LogP contribution in [0.4, 0.5) is 0 Å². The molecule has 0 bridgehead atoms. The summed E-state index contributed by atoms with van der Waals surface area (Å²) in [5.74, 6) is 0.716. The van der Waals surface area contributed by atoms with Crippen LogP contribution in [-0.4, -0.2) is 17.0 Å². The quantitative estimate of drug-likeness (QED) is 0.748. The standard InChI is InChI=1S/C17H16BrN3O/c1-21(10-12-6-2-4-8-14(12)18)11-16-19-15-9-5-3-7-13(15)17(22)20-16/h2-9H,10-11H2,1H3,(H,19,20,22)/p+1. The van der Waals surface area contributed by atoms with Crippen molar-refractivity contribution in [3.05, 3.63) is 74.7 Å². The number of nitrogens with zero attached hydrogens (tertiary/aromatic N) is 1. The van der Waals surface area contributed by atoms with Gasteiger partial charge in [-0.2, -0.15) is 0 Å². The van der Waals surface area contributed by atoms with Crippen molar-refractivity contribution < 1.29 is 4.90 Å². The fourth-order valence-corrected chi connectivity index (χ4v) is 2.96. The SMILES string of the molecule is C[NH+](Cc1nc2ccccc2c(=O)[nH]1)Cc1ccccc1Br. The number of nitrogens with one attached hydrogen (secondary N) is 2. The molecule has 0 spiro atoms. The van der Waals surface area contributed by atoms with Crippen LogP contribution in [0.1, 0.15) is 11.4 Å². The van der Waals surface area contributed by atoms with Gasteiger partial charge in [0.2, 0.25) is 0 Å². The predicted octanol–water partition coefficient (Wildman–Crippen LogP) is 1.90. The summed E-state index contributed by atoms with van der Waals surface area (Å²) in [6.07, 6.45) is 0. The number of halogens is 1. The Morgan fingerprint density at radius 3 is 2.64 bits per heavy atom. The van der Waals surface area contributed by atoms with Crippen molar-refractivity contribution in [3.8, 4) is 0 Å². The number of hydrogen-bond acceptors (Lipinski definition) is 2. The molecule has 0 amide bonds. The molecule has 0 aliphatic carbocycles. The summed E-state index contributed by atoms with van der Waals surface area (Å²) in [6.45, 7) is 1.53. The van der Waals surface area contributed by atoms with E-state index < -0.39 is 0 Å². The van der Waals surface area contributed by atoms with Gasteiger partial charge in [0.15, 0.2) is 5.82 Å². The topological polar surface area (TPSA) is 50.2 Å².